The van der Waals surface area contributed by atoms with Gasteiger partial charge in [-0.25, -0.2) is 9.37 Å². The van der Waals surface area contributed by atoms with Gasteiger partial charge in [0.1, 0.15) is 23.2 Å². The molecule has 0 unspecified atom stereocenters. The number of nitrogens with two attached hydrogens (primary N) is 1. The fourth-order valence-electron chi connectivity index (χ4n) is 3.91. The van der Waals surface area contributed by atoms with Crippen molar-refractivity contribution in [2.75, 3.05) is 11.5 Å². The maximum absolute atomic E-state index is 15.9. The van der Waals surface area contributed by atoms with E-state index in [1.165, 1.54) is 0 Å². The number of amidine groups is 1. The number of rotatable bonds is 10. The molecule has 4 aromatic rings. The number of para-hydroxylation sites is 1. The third kappa shape index (κ3) is 5.83. The first-order valence-electron chi connectivity index (χ1n) is 11.9. The van der Waals surface area contributed by atoms with Gasteiger partial charge in [-0.1, -0.05) is 12.1 Å². The summed E-state index contributed by atoms with van der Waals surface area (Å²) in [6.07, 6.45) is 1.38. The third-order valence-corrected chi connectivity index (χ3v) is 5.58. The molecule has 0 spiro atoms. The van der Waals surface area contributed by atoms with Gasteiger partial charge in [0, 0.05) is 28.9 Å². The van der Waals surface area contributed by atoms with Gasteiger partial charge in [0.05, 0.1) is 36.8 Å². The minimum Gasteiger partial charge on any atom is -0.507 e. The predicted octanol–water partition coefficient (Wildman–Crippen LogP) is 5.73. The molecule has 0 saturated carbocycles. The van der Waals surface area contributed by atoms with Crippen LogP contribution in [0.4, 0.5) is 15.8 Å². The number of nitrogens with zero attached hydrogens (tertiary/aromatic N) is 2. The Morgan fingerprint density at radius 2 is 1.89 bits per heavy atom. The van der Waals surface area contributed by atoms with Crippen molar-refractivity contribution >= 4 is 17.2 Å². The normalized spacial score (nSPS) is 10.9. The molecule has 1 heterocycles. The van der Waals surface area contributed by atoms with E-state index in [1.807, 2.05) is 26.8 Å². The number of imidazole rings is 1. The highest BCUT2D eigenvalue weighted by Crippen LogP contribution is 2.38. The summed E-state index contributed by atoms with van der Waals surface area (Å²) in [4.78, 5) is 9.44. The number of phenols is 1. The lowest BCUT2D eigenvalue weighted by molar-refractivity contribution is 0.229. The summed E-state index contributed by atoms with van der Waals surface area (Å²) in [5.74, 6) is 0.612. The van der Waals surface area contributed by atoms with Crippen LogP contribution in [-0.2, 0) is 6.54 Å². The molecule has 192 valence electrons. The fourth-order valence-corrected chi connectivity index (χ4v) is 3.91. The summed E-state index contributed by atoms with van der Waals surface area (Å²) in [5, 5.41) is 17.9. The molecule has 1 aromatic heterocycles. The number of phenolic OH excluding ortho intramolecular Hbond substituents is 1. The monoisotopic (exact) mass is 503 g/mol. The Kier molecular flexibility index (Phi) is 7.62. The molecule has 0 aliphatic heterocycles. The van der Waals surface area contributed by atoms with Gasteiger partial charge in [0.15, 0.2) is 11.6 Å². The van der Waals surface area contributed by atoms with Gasteiger partial charge < -0.3 is 30.2 Å². The maximum atomic E-state index is 15.9. The van der Waals surface area contributed by atoms with E-state index >= 15 is 4.39 Å². The number of hydrogen-bond acceptors (Lipinski definition) is 6. The Bertz CT molecular complexity index is 1390. The van der Waals surface area contributed by atoms with Crippen molar-refractivity contribution in [3.05, 3.63) is 84.1 Å². The quantitative estimate of drug-likeness (QED) is 0.162. The number of ether oxygens (including phenoxy) is 2. The van der Waals surface area contributed by atoms with Gasteiger partial charge >= 0.3 is 0 Å². The molecular weight excluding hydrogens is 473 g/mol. The lowest BCUT2D eigenvalue weighted by Crippen LogP contribution is -2.20. The Hall–Kier alpha value is -4.53. The minimum atomic E-state index is -0.541. The van der Waals surface area contributed by atoms with Crippen LogP contribution in [0.5, 0.6) is 17.2 Å². The summed E-state index contributed by atoms with van der Waals surface area (Å²) in [7, 11) is 0. The molecule has 0 aliphatic carbocycles. The molecule has 0 radical (unpaired) electrons. The molecule has 0 aliphatic rings. The average molecular weight is 504 g/mol. The molecule has 8 nitrogen and oxygen atoms in total. The van der Waals surface area contributed by atoms with Gasteiger partial charge in [-0.15, -0.1) is 0 Å². The number of H-pyrrole nitrogens is 1. The van der Waals surface area contributed by atoms with Crippen LogP contribution in [0.25, 0.3) is 11.3 Å². The smallest absolute Gasteiger partial charge is 0.188 e. The highest BCUT2D eigenvalue weighted by atomic mass is 19.1. The molecule has 5 N–H and O–H groups in total. The number of halogens is 1. The van der Waals surface area contributed by atoms with Crippen molar-refractivity contribution in [3.63, 3.8) is 0 Å². The van der Waals surface area contributed by atoms with Gasteiger partial charge in [0.25, 0.3) is 0 Å². The molecule has 0 fully saturated rings. The first-order chi connectivity index (χ1) is 17.8. The SMILES string of the molecule is CCOc1cc(OC(C)C)c(F)c(N(Cc2ncc(-c3ccccc3O)[nH]2)c2ccc(C(=N)N)cc2)c1. The van der Waals surface area contributed by atoms with Crippen molar-refractivity contribution in [1.29, 1.82) is 5.41 Å². The van der Waals surface area contributed by atoms with Crippen LogP contribution in [0.1, 0.15) is 32.2 Å². The third-order valence-electron chi connectivity index (χ3n) is 5.58. The highest BCUT2D eigenvalue weighted by molar-refractivity contribution is 5.95. The molecular formula is C28H30FN5O3. The second-order valence-electron chi connectivity index (χ2n) is 8.66. The summed E-state index contributed by atoms with van der Waals surface area (Å²) in [6.45, 7) is 6.08. The summed E-state index contributed by atoms with van der Waals surface area (Å²) in [6, 6.07) is 17.1. The molecule has 37 heavy (non-hydrogen) atoms. The number of hydrogen-bond donors (Lipinski definition) is 4. The van der Waals surface area contributed by atoms with Crippen molar-refractivity contribution < 1.29 is 19.0 Å². The predicted molar refractivity (Wildman–Crippen MR) is 142 cm³/mol. The Morgan fingerprint density at radius 1 is 1.16 bits per heavy atom. The fraction of sp³-hybridized carbons (Fsp3) is 0.214. The standard InChI is InChI=1S/C28H30FN5O3/c1-4-36-20-13-23(27(29)25(14-20)37-17(2)3)34(19-11-9-18(10-12-19)28(30)31)16-26-32-15-22(33-26)21-7-5-6-8-24(21)35/h5-15,17,35H,4,16H2,1-3H3,(H3,30,31)(H,32,33). The second kappa shape index (κ2) is 11.0. The van der Waals surface area contributed by atoms with E-state index in [4.69, 9.17) is 20.6 Å². The Morgan fingerprint density at radius 3 is 2.54 bits per heavy atom. The zero-order chi connectivity index (χ0) is 26.5. The van der Waals surface area contributed by atoms with Crippen LogP contribution < -0.4 is 20.1 Å². The number of benzene rings is 3. The number of aromatic nitrogens is 2. The molecule has 9 heteroatoms. The zero-order valence-electron chi connectivity index (χ0n) is 21.0. The van der Waals surface area contributed by atoms with Crippen molar-refractivity contribution in [2.45, 2.75) is 33.4 Å². The second-order valence-corrected chi connectivity index (χ2v) is 8.66. The largest absolute Gasteiger partial charge is 0.507 e. The molecule has 0 amide bonds. The van der Waals surface area contributed by atoms with Crippen molar-refractivity contribution in [2.24, 2.45) is 5.73 Å². The van der Waals surface area contributed by atoms with E-state index in [2.05, 4.69) is 9.97 Å². The van der Waals surface area contributed by atoms with Crippen LogP contribution in [0, 0.1) is 11.2 Å². The zero-order valence-corrected chi connectivity index (χ0v) is 21.0. The van der Waals surface area contributed by atoms with E-state index in [9.17, 15) is 5.11 Å². The van der Waals surface area contributed by atoms with E-state index in [0.717, 1.165) is 0 Å². The van der Waals surface area contributed by atoms with E-state index < -0.39 is 5.82 Å². The number of aromatic hydroxyl groups is 1. The molecule has 0 bridgehead atoms. The van der Waals surface area contributed by atoms with Gasteiger partial charge in [-0.05, 0) is 57.2 Å². The highest BCUT2D eigenvalue weighted by Gasteiger charge is 2.22. The minimum absolute atomic E-state index is 0.0615. The van der Waals surface area contributed by atoms with Gasteiger partial charge in [-0.2, -0.15) is 0 Å². The Balaban J connectivity index is 1.80. The maximum Gasteiger partial charge on any atom is 0.188 e. The van der Waals surface area contributed by atoms with Gasteiger partial charge in [0.2, 0.25) is 0 Å². The number of anilines is 2. The lowest BCUT2D eigenvalue weighted by atomic mass is 10.1. The topological polar surface area (TPSA) is 120 Å². The number of nitrogens with one attached hydrogen (secondary N) is 2. The van der Waals surface area contributed by atoms with E-state index in [1.54, 1.807) is 65.7 Å². The number of nitrogen functional groups attached to an aromatic ring is 1. The van der Waals surface area contributed by atoms with E-state index in [0.29, 0.717) is 40.7 Å². The molecule has 3 aromatic carbocycles. The Labute approximate surface area is 215 Å². The van der Waals surface area contributed by atoms with Crippen LogP contribution in [0.15, 0.2) is 66.9 Å². The summed E-state index contributed by atoms with van der Waals surface area (Å²) < 4.78 is 27.4. The molecule has 0 saturated heterocycles. The van der Waals surface area contributed by atoms with Crippen LogP contribution in [0.3, 0.4) is 0 Å². The summed E-state index contributed by atoms with van der Waals surface area (Å²) in [5.41, 5.74) is 8.30. The van der Waals surface area contributed by atoms with E-state index in [-0.39, 0.29) is 35.7 Å². The first kappa shape index (κ1) is 25.6. The van der Waals surface area contributed by atoms with Crippen molar-refractivity contribution in [1.82, 2.24) is 9.97 Å². The first-order valence-corrected chi connectivity index (χ1v) is 11.9. The summed E-state index contributed by atoms with van der Waals surface area (Å²) >= 11 is 0. The average Bonchev–Trinajstić information content (AvgIpc) is 3.33. The molecule has 0 atom stereocenters. The van der Waals surface area contributed by atoms with Crippen LogP contribution >= 0.6 is 0 Å². The van der Waals surface area contributed by atoms with Gasteiger partial charge in [-0.3, -0.25) is 5.41 Å². The van der Waals surface area contributed by atoms with Crippen LogP contribution in [-0.4, -0.2) is 33.6 Å². The van der Waals surface area contributed by atoms with Crippen molar-refractivity contribution in [3.8, 4) is 28.5 Å². The lowest BCUT2D eigenvalue weighted by Gasteiger charge is -2.26. The van der Waals surface area contributed by atoms with Crippen LogP contribution in [0.2, 0.25) is 0 Å². The molecule has 4 rings (SSSR count). The number of aromatic amines is 1.